The van der Waals surface area contributed by atoms with E-state index >= 15 is 0 Å². The number of rotatable bonds is 4. The predicted octanol–water partition coefficient (Wildman–Crippen LogP) is 2.48. The summed E-state index contributed by atoms with van der Waals surface area (Å²) in [5, 5.41) is 8.95. The Kier molecular flexibility index (Phi) is 4.33. The van der Waals surface area contributed by atoms with Gasteiger partial charge in [-0.25, -0.2) is 4.79 Å². The van der Waals surface area contributed by atoms with Crippen LogP contribution in [0, 0.1) is 6.92 Å². The SMILES string of the molecule is CCc1cc(C)c(OS(=O)(=O)C(F)(F)F)c(C(=O)O)c1. The van der Waals surface area contributed by atoms with Gasteiger partial charge in [0.2, 0.25) is 0 Å². The Bertz CT molecular complexity index is 634. The zero-order valence-corrected chi connectivity index (χ0v) is 11.3. The lowest BCUT2D eigenvalue weighted by atomic mass is 10.0. The van der Waals surface area contributed by atoms with Crippen molar-refractivity contribution >= 4 is 16.1 Å². The molecule has 0 bridgehead atoms. The molecule has 0 saturated carbocycles. The van der Waals surface area contributed by atoms with Gasteiger partial charge in [0, 0.05) is 0 Å². The third kappa shape index (κ3) is 3.21. The molecule has 0 amide bonds. The maximum atomic E-state index is 12.3. The van der Waals surface area contributed by atoms with Crippen LogP contribution in [0.2, 0.25) is 0 Å². The molecule has 0 atom stereocenters. The quantitative estimate of drug-likeness (QED) is 0.682. The lowest BCUT2D eigenvalue weighted by Gasteiger charge is -2.14. The van der Waals surface area contributed by atoms with Gasteiger partial charge in [-0.15, -0.1) is 0 Å². The summed E-state index contributed by atoms with van der Waals surface area (Å²) in [6, 6.07) is 2.45. The zero-order valence-electron chi connectivity index (χ0n) is 10.5. The highest BCUT2D eigenvalue weighted by atomic mass is 32.2. The van der Waals surface area contributed by atoms with E-state index in [1.807, 2.05) is 0 Å². The Morgan fingerprint density at radius 2 is 1.90 bits per heavy atom. The van der Waals surface area contributed by atoms with Gasteiger partial charge in [-0.1, -0.05) is 13.0 Å². The second kappa shape index (κ2) is 5.31. The normalized spacial score (nSPS) is 12.2. The van der Waals surface area contributed by atoms with E-state index in [1.165, 1.54) is 13.0 Å². The number of alkyl halides is 3. The first kappa shape index (κ1) is 16.3. The Labute approximate surface area is 113 Å². The summed E-state index contributed by atoms with van der Waals surface area (Å²) >= 11 is 0. The van der Waals surface area contributed by atoms with Crippen molar-refractivity contribution in [2.45, 2.75) is 25.8 Å². The maximum Gasteiger partial charge on any atom is 0.534 e. The van der Waals surface area contributed by atoms with Gasteiger partial charge in [-0.05, 0) is 30.5 Å². The number of hydrogen-bond donors (Lipinski definition) is 1. The number of aromatic carboxylic acids is 1. The molecule has 0 aliphatic rings. The molecule has 0 aliphatic carbocycles. The second-order valence-corrected chi connectivity index (χ2v) is 5.47. The van der Waals surface area contributed by atoms with Gasteiger partial charge in [-0.2, -0.15) is 21.6 Å². The Morgan fingerprint density at radius 1 is 1.35 bits per heavy atom. The first-order valence-corrected chi connectivity index (χ1v) is 6.78. The van der Waals surface area contributed by atoms with E-state index in [9.17, 15) is 26.4 Å². The molecule has 112 valence electrons. The highest BCUT2D eigenvalue weighted by Gasteiger charge is 2.49. The molecule has 1 aromatic rings. The average molecular weight is 312 g/mol. The first-order chi connectivity index (χ1) is 8.99. The van der Waals surface area contributed by atoms with Crippen molar-refractivity contribution < 1.29 is 35.7 Å². The molecule has 0 radical (unpaired) electrons. The topological polar surface area (TPSA) is 80.7 Å². The molecule has 1 aromatic carbocycles. The van der Waals surface area contributed by atoms with E-state index < -0.39 is 32.9 Å². The van der Waals surface area contributed by atoms with Crippen molar-refractivity contribution in [3.05, 3.63) is 28.8 Å². The summed E-state index contributed by atoms with van der Waals surface area (Å²) < 4.78 is 62.7. The molecule has 0 aromatic heterocycles. The number of hydrogen-bond acceptors (Lipinski definition) is 4. The number of carboxylic acids is 1. The van der Waals surface area contributed by atoms with Gasteiger partial charge in [0.05, 0.1) is 0 Å². The Hall–Kier alpha value is -1.77. The molecule has 20 heavy (non-hydrogen) atoms. The lowest BCUT2D eigenvalue weighted by molar-refractivity contribution is -0.0500. The third-order valence-corrected chi connectivity index (χ3v) is 3.40. The van der Waals surface area contributed by atoms with Gasteiger partial charge in [0.1, 0.15) is 5.56 Å². The molecule has 5 nitrogen and oxygen atoms in total. The minimum absolute atomic E-state index is 0.00502. The van der Waals surface area contributed by atoms with Crippen molar-refractivity contribution in [2.75, 3.05) is 0 Å². The summed E-state index contributed by atoms with van der Waals surface area (Å²) in [5.41, 5.74) is -5.72. The van der Waals surface area contributed by atoms with E-state index in [0.29, 0.717) is 12.0 Å². The van der Waals surface area contributed by atoms with Crippen LogP contribution >= 0.6 is 0 Å². The van der Waals surface area contributed by atoms with Crippen molar-refractivity contribution in [2.24, 2.45) is 0 Å². The van der Waals surface area contributed by atoms with Crippen LogP contribution in [-0.2, 0) is 16.5 Å². The molecule has 1 N–H and O–H groups in total. The minimum Gasteiger partial charge on any atom is -0.478 e. The van der Waals surface area contributed by atoms with Crippen LogP contribution < -0.4 is 4.18 Å². The molecule has 0 saturated heterocycles. The molecule has 0 spiro atoms. The molecular formula is C11H11F3O5S. The van der Waals surface area contributed by atoms with Crippen LogP contribution in [0.4, 0.5) is 13.2 Å². The summed E-state index contributed by atoms with van der Waals surface area (Å²) in [5.74, 6) is -2.40. The zero-order chi connectivity index (χ0) is 15.7. The van der Waals surface area contributed by atoms with Crippen molar-refractivity contribution in [3.8, 4) is 5.75 Å². The summed E-state index contributed by atoms with van der Waals surface area (Å²) in [6.45, 7) is 2.99. The number of carboxylic acid groups (broad SMARTS) is 1. The van der Waals surface area contributed by atoms with Gasteiger partial charge in [0.25, 0.3) is 0 Å². The molecule has 1 rings (SSSR count). The van der Waals surface area contributed by atoms with Crippen molar-refractivity contribution in [3.63, 3.8) is 0 Å². The van der Waals surface area contributed by atoms with Crippen LogP contribution in [0.1, 0.15) is 28.4 Å². The second-order valence-electron chi connectivity index (χ2n) is 3.93. The van der Waals surface area contributed by atoms with Crippen molar-refractivity contribution in [1.82, 2.24) is 0 Å². The highest BCUT2D eigenvalue weighted by Crippen LogP contribution is 2.32. The van der Waals surface area contributed by atoms with Gasteiger partial charge < -0.3 is 9.29 Å². The highest BCUT2D eigenvalue weighted by molar-refractivity contribution is 7.88. The van der Waals surface area contributed by atoms with E-state index in [1.54, 1.807) is 6.92 Å². The summed E-state index contributed by atoms with van der Waals surface area (Å²) in [7, 11) is -5.91. The summed E-state index contributed by atoms with van der Waals surface area (Å²) in [6.07, 6.45) is 0.438. The van der Waals surface area contributed by atoms with E-state index in [4.69, 9.17) is 5.11 Å². The lowest BCUT2D eigenvalue weighted by Crippen LogP contribution is -2.29. The molecule has 0 heterocycles. The van der Waals surface area contributed by atoms with E-state index in [2.05, 4.69) is 4.18 Å². The van der Waals surface area contributed by atoms with E-state index in [0.717, 1.165) is 6.07 Å². The standard InChI is InChI=1S/C11H11F3O5S/c1-3-7-4-6(2)9(8(5-7)10(15)16)19-20(17,18)11(12,13)14/h4-5H,3H2,1-2H3,(H,15,16). The minimum atomic E-state index is -5.91. The van der Waals surface area contributed by atoms with Crippen LogP contribution in [-0.4, -0.2) is 25.0 Å². The molecule has 0 unspecified atom stereocenters. The molecule has 0 aliphatic heterocycles. The van der Waals surface area contributed by atoms with Gasteiger partial charge in [0.15, 0.2) is 5.75 Å². The fourth-order valence-corrected chi connectivity index (χ4v) is 2.01. The van der Waals surface area contributed by atoms with E-state index in [-0.39, 0.29) is 5.56 Å². The van der Waals surface area contributed by atoms with Crippen LogP contribution in [0.25, 0.3) is 0 Å². The van der Waals surface area contributed by atoms with Crippen molar-refractivity contribution in [1.29, 1.82) is 0 Å². The largest absolute Gasteiger partial charge is 0.534 e. The fourth-order valence-electron chi connectivity index (χ4n) is 1.48. The Balaban J connectivity index is 3.43. The molecule has 0 fully saturated rings. The number of aryl methyl sites for hydroxylation is 2. The monoisotopic (exact) mass is 312 g/mol. The van der Waals surface area contributed by atoms with Gasteiger partial charge >= 0.3 is 21.6 Å². The molecule has 9 heteroatoms. The van der Waals surface area contributed by atoms with Gasteiger partial charge in [-0.3, -0.25) is 0 Å². The molecular weight excluding hydrogens is 301 g/mol. The Morgan fingerprint density at radius 3 is 2.30 bits per heavy atom. The van der Waals surface area contributed by atoms with Crippen LogP contribution in [0.3, 0.4) is 0 Å². The van der Waals surface area contributed by atoms with Crippen LogP contribution in [0.5, 0.6) is 5.75 Å². The number of carbonyl (C=O) groups is 1. The predicted molar refractivity (Wildman–Crippen MR) is 63.1 cm³/mol. The number of benzene rings is 1. The first-order valence-electron chi connectivity index (χ1n) is 5.37. The summed E-state index contributed by atoms with van der Waals surface area (Å²) in [4.78, 5) is 11.0. The van der Waals surface area contributed by atoms with Crippen LogP contribution in [0.15, 0.2) is 12.1 Å². The fraction of sp³-hybridized carbons (Fsp3) is 0.364. The number of halogens is 3. The average Bonchev–Trinajstić information content (AvgIpc) is 2.29. The smallest absolute Gasteiger partial charge is 0.478 e. The third-order valence-electron chi connectivity index (χ3n) is 2.45. The maximum absolute atomic E-state index is 12.3.